The average molecular weight is 388 g/mol. The molecule has 2 aromatic carbocycles. The van der Waals surface area contributed by atoms with E-state index in [9.17, 15) is 14.4 Å². The molecule has 29 heavy (non-hydrogen) atoms. The molecule has 0 bridgehead atoms. The van der Waals surface area contributed by atoms with Crippen LogP contribution in [0.25, 0.3) is 0 Å². The molecule has 0 aliphatic heterocycles. The summed E-state index contributed by atoms with van der Waals surface area (Å²) in [6, 6.07) is 15.6. The number of ketones is 1. The first-order chi connectivity index (χ1) is 13.9. The monoisotopic (exact) mass is 388 g/mol. The van der Waals surface area contributed by atoms with Crippen LogP contribution in [0.2, 0.25) is 0 Å². The first-order valence-corrected chi connectivity index (χ1v) is 8.93. The molecule has 3 aromatic rings. The normalized spacial score (nSPS) is 10.1. The van der Waals surface area contributed by atoms with Crippen molar-refractivity contribution < 1.29 is 14.4 Å². The van der Waals surface area contributed by atoms with E-state index in [0.29, 0.717) is 28.2 Å². The molecule has 0 spiro atoms. The van der Waals surface area contributed by atoms with Crippen molar-refractivity contribution in [3.63, 3.8) is 0 Å². The fourth-order valence-corrected chi connectivity index (χ4v) is 2.66. The van der Waals surface area contributed by atoms with Crippen molar-refractivity contribution in [2.24, 2.45) is 0 Å². The Balaban J connectivity index is 1.70. The van der Waals surface area contributed by atoms with Crippen LogP contribution in [0.1, 0.15) is 34.6 Å². The number of hydrogen-bond donors (Lipinski definition) is 3. The zero-order valence-electron chi connectivity index (χ0n) is 16.0. The number of pyridine rings is 1. The predicted octanol–water partition coefficient (Wildman–Crippen LogP) is 4.24. The van der Waals surface area contributed by atoms with Gasteiger partial charge in [-0.1, -0.05) is 12.1 Å². The van der Waals surface area contributed by atoms with Crippen molar-refractivity contribution >= 4 is 40.3 Å². The van der Waals surface area contributed by atoms with Crippen LogP contribution in [0.5, 0.6) is 0 Å². The molecule has 0 aliphatic rings. The minimum absolute atomic E-state index is 0.0708. The molecule has 0 saturated carbocycles. The number of Topliss-reactive ketones (excluding diaryl/α,β-unsaturated/α-hetero) is 1. The molecule has 0 fully saturated rings. The van der Waals surface area contributed by atoms with Crippen molar-refractivity contribution in [3.8, 4) is 0 Å². The lowest BCUT2D eigenvalue weighted by atomic mass is 10.1. The molecule has 1 aromatic heterocycles. The van der Waals surface area contributed by atoms with Gasteiger partial charge in [-0.05, 0) is 49.4 Å². The van der Waals surface area contributed by atoms with Gasteiger partial charge in [0.2, 0.25) is 5.91 Å². The van der Waals surface area contributed by atoms with Crippen LogP contribution in [-0.2, 0) is 4.79 Å². The van der Waals surface area contributed by atoms with Crippen LogP contribution >= 0.6 is 0 Å². The number of benzene rings is 2. The number of hydrogen-bond acceptors (Lipinski definition) is 5. The lowest BCUT2D eigenvalue weighted by Crippen LogP contribution is -2.13. The Labute approximate surface area is 168 Å². The summed E-state index contributed by atoms with van der Waals surface area (Å²) < 4.78 is 0. The number of carbonyl (C=O) groups is 3. The first kappa shape index (κ1) is 19.8. The molecule has 0 radical (unpaired) electrons. The van der Waals surface area contributed by atoms with Crippen LogP contribution in [0.3, 0.4) is 0 Å². The lowest BCUT2D eigenvalue weighted by molar-refractivity contribution is -0.114. The maximum Gasteiger partial charge on any atom is 0.257 e. The summed E-state index contributed by atoms with van der Waals surface area (Å²) >= 11 is 0. The molecule has 0 atom stereocenters. The minimum Gasteiger partial charge on any atom is -0.354 e. The van der Waals surface area contributed by atoms with Gasteiger partial charge in [0.15, 0.2) is 5.78 Å². The Morgan fingerprint density at radius 2 is 1.41 bits per heavy atom. The van der Waals surface area contributed by atoms with Crippen molar-refractivity contribution in [3.05, 3.63) is 78.1 Å². The number of rotatable bonds is 6. The SMILES string of the molecule is CC(=O)Nc1ccc(Nc2cncc(C(=O)Nc3cccc(C(C)=O)c3)c2)cc1. The van der Waals surface area contributed by atoms with Crippen LogP contribution in [0, 0.1) is 0 Å². The Kier molecular flexibility index (Phi) is 5.99. The van der Waals surface area contributed by atoms with Gasteiger partial charge in [-0.15, -0.1) is 0 Å². The number of nitrogens with one attached hydrogen (secondary N) is 3. The Bertz CT molecular complexity index is 1060. The summed E-state index contributed by atoms with van der Waals surface area (Å²) in [6.07, 6.45) is 3.07. The number of carbonyl (C=O) groups excluding carboxylic acids is 3. The van der Waals surface area contributed by atoms with Crippen molar-refractivity contribution in [1.82, 2.24) is 4.98 Å². The van der Waals surface area contributed by atoms with Crippen LogP contribution < -0.4 is 16.0 Å². The third-order valence-corrected chi connectivity index (χ3v) is 4.02. The van der Waals surface area contributed by atoms with Gasteiger partial charge in [-0.25, -0.2) is 0 Å². The molecular formula is C22H20N4O3. The second-order valence-corrected chi connectivity index (χ2v) is 6.44. The van der Waals surface area contributed by atoms with Gasteiger partial charge in [-0.3, -0.25) is 19.4 Å². The molecule has 3 rings (SSSR count). The molecular weight excluding hydrogens is 368 g/mol. The van der Waals surface area contributed by atoms with Gasteiger partial charge < -0.3 is 16.0 Å². The standard InChI is InChI=1S/C22H20N4O3/c1-14(27)16-4-3-5-20(10-16)26-22(29)17-11-21(13-23-12-17)25-19-8-6-18(7-9-19)24-15(2)28/h3-13,25H,1-2H3,(H,24,28)(H,26,29). The van der Waals surface area contributed by atoms with Gasteiger partial charge in [-0.2, -0.15) is 0 Å². The number of amides is 2. The van der Waals surface area contributed by atoms with Gasteiger partial charge in [0, 0.05) is 35.7 Å². The van der Waals surface area contributed by atoms with Crippen LogP contribution in [0.15, 0.2) is 67.0 Å². The van der Waals surface area contributed by atoms with Crippen LogP contribution in [0.4, 0.5) is 22.7 Å². The lowest BCUT2D eigenvalue weighted by Gasteiger charge is -2.10. The van der Waals surface area contributed by atoms with E-state index in [1.54, 1.807) is 48.7 Å². The van der Waals surface area contributed by atoms with Crippen molar-refractivity contribution in [2.75, 3.05) is 16.0 Å². The molecule has 0 aliphatic carbocycles. The quantitative estimate of drug-likeness (QED) is 0.549. The Morgan fingerprint density at radius 3 is 2.10 bits per heavy atom. The highest BCUT2D eigenvalue weighted by Gasteiger charge is 2.09. The zero-order valence-corrected chi connectivity index (χ0v) is 16.0. The smallest absolute Gasteiger partial charge is 0.257 e. The molecule has 2 amide bonds. The Hall–Kier alpha value is -4.00. The highest BCUT2D eigenvalue weighted by molar-refractivity contribution is 6.05. The van der Waals surface area contributed by atoms with E-state index in [-0.39, 0.29) is 17.6 Å². The molecule has 3 N–H and O–H groups in total. The topological polar surface area (TPSA) is 100 Å². The summed E-state index contributed by atoms with van der Waals surface area (Å²) in [5.74, 6) is -0.538. The molecule has 0 unspecified atom stereocenters. The average Bonchev–Trinajstić information content (AvgIpc) is 2.69. The van der Waals surface area contributed by atoms with E-state index in [0.717, 1.165) is 5.69 Å². The molecule has 0 saturated heterocycles. The molecule has 7 nitrogen and oxygen atoms in total. The second-order valence-electron chi connectivity index (χ2n) is 6.44. The number of nitrogens with zero attached hydrogens (tertiary/aromatic N) is 1. The fraction of sp³-hybridized carbons (Fsp3) is 0.0909. The maximum atomic E-state index is 12.5. The first-order valence-electron chi connectivity index (χ1n) is 8.93. The molecule has 1 heterocycles. The van der Waals surface area contributed by atoms with Crippen molar-refractivity contribution in [2.45, 2.75) is 13.8 Å². The van der Waals surface area contributed by atoms with Gasteiger partial charge >= 0.3 is 0 Å². The highest BCUT2D eigenvalue weighted by atomic mass is 16.2. The van der Waals surface area contributed by atoms with E-state index < -0.39 is 0 Å². The largest absolute Gasteiger partial charge is 0.354 e. The Morgan fingerprint density at radius 1 is 0.724 bits per heavy atom. The highest BCUT2D eigenvalue weighted by Crippen LogP contribution is 2.20. The number of anilines is 4. The summed E-state index contributed by atoms with van der Waals surface area (Å²) in [7, 11) is 0. The van der Waals surface area contributed by atoms with E-state index in [1.165, 1.54) is 20.0 Å². The fourth-order valence-electron chi connectivity index (χ4n) is 2.66. The summed E-state index contributed by atoms with van der Waals surface area (Å²) in [4.78, 5) is 39.2. The predicted molar refractivity (Wildman–Crippen MR) is 113 cm³/mol. The molecule has 146 valence electrons. The molecule has 7 heteroatoms. The second kappa shape index (κ2) is 8.79. The maximum absolute atomic E-state index is 12.5. The van der Waals surface area contributed by atoms with Gasteiger partial charge in [0.05, 0.1) is 17.4 Å². The van der Waals surface area contributed by atoms with E-state index >= 15 is 0 Å². The number of aromatic nitrogens is 1. The van der Waals surface area contributed by atoms with E-state index in [1.807, 2.05) is 12.1 Å². The van der Waals surface area contributed by atoms with Gasteiger partial charge in [0.25, 0.3) is 5.91 Å². The van der Waals surface area contributed by atoms with Crippen LogP contribution in [-0.4, -0.2) is 22.6 Å². The van der Waals surface area contributed by atoms with E-state index in [4.69, 9.17) is 0 Å². The summed E-state index contributed by atoms with van der Waals surface area (Å²) in [5, 5.41) is 8.64. The van der Waals surface area contributed by atoms with Gasteiger partial charge in [0.1, 0.15) is 0 Å². The third-order valence-electron chi connectivity index (χ3n) is 4.02. The van der Waals surface area contributed by atoms with Crippen molar-refractivity contribution in [1.29, 1.82) is 0 Å². The summed E-state index contributed by atoms with van der Waals surface area (Å²) in [6.45, 7) is 2.92. The van der Waals surface area contributed by atoms with E-state index in [2.05, 4.69) is 20.9 Å². The minimum atomic E-state index is -0.331. The summed E-state index contributed by atoms with van der Waals surface area (Å²) in [5.41, 5.74) is 3.56. The third kappa shape index (κ3) is 5.49. The zero-order chi connectivity index (χ0) is 20.8.